The van der Waals surface area contributed by atoms with Crippen LogP contribution in [0.5, 0.6) is 17.2 Å². The molecule has 1 heterocycles. The predicted octanol–water partition coefficient (Wildman–Crippen LogP) is 3.88. The fraction of sp³-hybridized carbons (Fsp3) is 0.143. The van der Waals surface area contributed by atoms with Crippen LogP contribution in [0.4, 0.5) is 5.69 Å². The van der Waals surface area contributed by atoms with Gasteiger partial charge in [0.1, 0.15) is 12.4 Å². The third kappa shape index (κ3) is 2.57. The summed E-state index contributed by atoms with van der Waals surface area (Å²) in [5.41, 5.74) is 7.22. The Labute approximate surface area is 125 Å². The average Bonchev–Trinajstić information content (AvgIpc) is 2.89. The Bertz CT molecular complexity index is 661. The van der Waals surface area contributed by atoms with Crippen LogP contribution in [-0.2, 0) is 6.61 Å². The van der Waals surface area contributed by atoms with Crippen molar-refractivity contribution in [3.8, 4) is 17.2 Å². The van der Waals surface area contributed by atoms with Gasteiger partial charge in [-0.2, -0.15) is 0 Å². The lowest BCUT2D eigenvalue weighted by Gasteiger charge is -2.10. The van der Waals surface area contributed by atoms with Gasteiger partial charge in [-0.1, -0.05) is 29.3 Å². The van der Waals surface area contributed by atoms with Gasteiger partial charge in [0.05, 0.1) is 15.7 Å². The van der Waals surface area contributed by atoms with Crippen LogP contribution in [0.1, 0.15) is 5.56 Å². The zero-order valence-electron chi connectivity index (χ0n) is 10.4. The highest BCUT2D eigenvalue weighted by Gasteiger charge is 2.13. The maximum atomic E-state index is 5.94. The molecule has 0 unspecified atom stereocenters. The lowest BCUT2D eigenvalue weighted by atomic mass is 10.2. The molecule has 2 N–H and O–H groups in total. The van der Waals surface area contributed by atoms with Crippen molar-refractivity contribution in [2.24, 2.45) is 0 Å². The van der Waals surface area contributed by atoms with E-state index in [1.54, 1.807) is 12.1 Å². The molecule has 0 radical (unpaired) electrons. The molecular formula is C14H11Cl2NO3. The molecule has 20 heavy (non-hydrogen) atoms. The minimum absolute atomic E-state index is 0.249. The number of nitrogen functional groups attached to an aromatic ring is 1. The van der Waals surface area contributed by atoms with Crippen LogP contribution in [0.25, 0.3) is 0 Å². The number of hydrogen-bond acceptors (Lipinski definition) is 4. The van der Waals surface area contributed by atoms with Crippen molar-refractivity contribution < 1.29 is 14.2 Å². The SMILES string of the molecule is Nc1cc(Cl)c(Cl)cc1OCc1ccc2c(c1)OCO2. The molecule has 0 aliphatic carbocycles. The molecule has 1 aliphatic rings. The number of hydrogen-bond donors (Lipinski definition) is 1. The molecule has 0 saturated heterocycles. The van der Waals surface area contributed by atoms with E-state index in [0.29, 0.717) is 33.8 Å². The molecule has 1 aliphatic heterocycles. The van der Waals surface area contributed by atoms with Crippen LogP contribution < -0.4 is 19.9 Å². The van der Waals surface area contributed by atoms with E-state index in [9.17, 15) is 0 Å². The Morgan fingerprint density at radius 2 is 1.80 bits per heavy atom. The first-order chi connectivity index (χ1) is 9.63. The molecule has 0 saturated carbocycles. The van der Waals surface area contributed by atoms with Gasteiger partial charge in [-0.25, -0.2) is 0 Å². The van der Waals surface area contributed by atoms with E-state index < -0.39 is 0 Å². The molecule has 104 valence electrons. The number of fused-ring (bicyclic) bond motifs is 1. The average molecular weight is 312 g/mol. The molecule has 0 atom stereocenters. The topological polar surface area (TPSA) is 53.7 Å². The summed E-state index contributed by atoms with van der Waals surface area (Å²) in [4.78, 5) is 0. The van der Waals surface area contributed by atoms with Gasteiger partial charge in [0.25, 0.3) is 0 Å². The van der Waals surface area contributed by atoms with E-state index >= 15 is 0 Å². The Hall–Kier alpha value is -1.78. The second-order valence-corrected chi connectivity index (χ2v) is 5.09. The fourth-order valence-corrected chi connectivity index (χ4v) is 2.19. The van der Waals surface area contributed by atoms with E-state index in [1.807, 2.05) is 18.2 Å². The molecule has 3 rings (SSSR count). The lowest BCUT2D eigenvalue weighted by molar-refractivity contribution is 0.174. The van der Waals surface area contributed by atoms with Crippen LogP contribution >= 0.6 is 23.2 Å². The van der Waals surface area contributed by atoms with Crippen molar-refractivity contribution >= 4 is 28.9 Å². The summed E-state index contributed by atoms with van der Waals surface area (Å²) in [7, 11) is 0. The minimum Gasteiger partial charge on any atom is -0.487 e. The summed E-state index contributed by atoms with van der Waals surface area (Å²) >= 11 is 11.8. The number of halogens is 2. The van der Waals surface area contributed by atoms with Gasteiger partial charge in [0.2, 0.25) is 6.79 Å². The van der Waals surface area contributed by atoms with Crippen LogP contribution in [0.15, 0.2) is 30.3 Å². The van der Waals surface area contributed by atoms with Gasteiger partial charge in [-0.15, -0.1) is 0 Å². The highest BCUT2D eigenvalue weighted by molar-refractivity contribution is 6.42. The van der Waals surface area contributed by atoms with Crippen LogP contribution in [0.3, 0.4) is 0 Å². The quantitative estimate of drug-likeness (QED) is 0.874. The standard InChI is InChI=1S/C14H11Cl2NO3/c15-9-4-11(17)13(5-10(9)16)18-6-8-1-2-12-14(3-8)20-7-19-12/h1-5H,6-7,17H2. The Kier molecular flexibility index (Phi) is 3.51. The minimum atomic E-state index is 0.249. The third-order valence-electron chi connectivity index (χ3n) is 2.88. The summed E-state index contributed by atoms with van der Waals surface area (Å²) < 4.78 is 16.2. The van der Waals surface area contributed by atoms with Gasteiger partial charge >= 0.3 is 0 Å². The number of benzene rings is 2. The zero-order chi connectivity index (χ0) is 14.1. The van der Waals surface area contributed by atoms with Crippen molar-refractivity contribution in [3.63, 3.8) is 0 Å². The van der Waals surface area contributed by atoms with Gasteiger partial charge in [0, 0.05) is 6.07 Å². The Morgan fingerprint density at radius 3 is 2.65 bits per heavy atom. The maximum absolute atomic E-state index is 5.94. The van der Waals surface area contributed by atoms with Gasteiger partial charge in [-0.3, -0.25) is 0 Å². The number of nitrogens with two attached hydrogens (primary N) is 1. The largest absolute Gasteiger partial charge is 0.487 e. The van der Waals surface area contributed by atoms with E-state index in [4.69, 9.17) is 43.1 Å². The van der Waals surface area contributed by atoms with Crippen molar-refractivity contribution in [2.45, 2.75) is 6.61 Å². The molecule has 2 aromatic carbocycles. The van der Waals surface area contributed by atoms with Crippen molar-refractivity contribution in [1.82, 2.24) is 0 Å². The first-order valence-electron chi connectivity index (χ1n) is 5.89. The van der Waals surface area contributed by atoms with Crippen LogP contribution in [0.2, 0.25) is 10.0 Å². The van der Waals surface area contributed by atoms with Crippen molar-refractivity contribution in [1.29, 1.82) is 0 Å². The maximum Gasteiger partial charge on any atom is 0.231 e. The van der Waals surface area contributed by atoms with Gasteiger partial charge in [0.15, 0.2) is 11.5 Å². The third-order valence-corrected chi connectivity index (χ3v) is 3.61. The van der Waals surface area contributed by atoms with Crippen molar-refractivity contribution in [2.75, 3.05) is 12.5 Å². The Morgan fingerprint density at radius 1 is 1.05 bits per heavy atom. The number of rotatable bonds is 3. The van der Waals surface area contributed by atoms with E-state index in [2.05, 4.69) is 0 Å². The molecule has 0 amide bonds. The lowest BCUT2D eigenvalue weighted by Crippen LogP contribution is -1.99. The van der Waals surface area contributed by atoms with Gasteiger partial charge in [-0.05, 0) is 23.8 Å². The second-order valence-electron chi connectivity index (χ2n) is 4.28. The van der Waals surface area contributed by atoms with E-state index in [1.165, 1.54) is 0 Å². The van der Waals surface area contributed by atoms with Crippen molar-refractivity contribution in [3.05, 3.63) is 45.9 Å². The summed E-state index contributed by atoms with van der Waals surface area (Å²) in [6.07, 6.45) is 0. The molecule has 0 fully saturated rings. The van der Waals surface area contributed by atoms with Gasteiger partial charge < -0.3 is 19.9 Å². The summed E-state index contributed by atoms with van der Waals surface area (Å²) in [5, 5.41) is 0.807. The molecule has 0 bridgehead atoms. The number of ether oxygens (including phenoxy) is 3. The normalized spacial score (nSPS) is 12.5. The molecular weight excluding hydrogens is 301 g/mol. The van der Waals surface area contributed by atoms with Crippen LogP contribution in [-0.4, -0.2) is 6.79 Å². The highest BCUT2D eigenvalue weighted by Crippen LogP contribution is 2.35. The van der Waals surface area contributed by atoms with E-state index in [-0.39, 0.29) is 6.79 Å². The molecule has 0 spiro atoms. The first-order valence-corrected chi connectivity index (χ1v) is 6.65. The highest BCUT2D eigenvalue weighted by atomic mass is 35.5. The Balaban J connectivity index is 1.75. The van der Waals surface area contributed by atoms with E-state index in [0.717, 1.165) is 11.3 Å². The molecule has 4 nitrogen and oxygen atoms in total. The molecule has 6 heteroatoms. The number of anilines is 1. The zero-order valence-corrected chi connectivity index (χ0v) is 11.9. The second kappa shape index (κ2) is 5.31. The first kappa shape index (κ1) is 13.2. The summed E-state index contributed by atoms with van der Waals surface area (Å²) in [6, 6.07) is 8.79. The smallest absolute Gasteiger partial charge is 0.231 e. The fourth-order valence-electron chi connectivity index (χ4n) is 1.86. The predicted molar refractivity (Wildman–Crippen MR) is 77.8 cm³/mol. The summed E-state index contributed by atoms with van der Waals surface area (Å²) in [6.45, 7) is 0.595. The van der Waals surface area contributed by atoms with Crippen LogP contribution in [0, 0.1) is 0 Å². The monoisotopic (exact) mass is 311 g/mol. The molecule has 0 aromatic heterocycles. The summed E-state index contributed by atoms with van der Waals surface area (Å²) in [5.74, 6) is 1.95. The molecule has 2 aromatic rings.